The molecule has 0 spiro atoms. The van der Waals surface area contributed by atoms with Crippen molar-refractivity contribution in [2.24, 2.45) is 0 Å². The van der Waals surface area contributed by atoms with Crippen molar-refractivity contribution in [3.05, 3.63) is 72.3 Å². The molecule has 0 saturated carbocycles. The van der Waals surface area contributed by atoms with Crippen LogP contribution in [0, 0.1) is 0 Å². The molecular weight excluding hydrogens is 398 g/mol. The maximum absolute atomic E-state index is 11.8. The minimum Gasteiger partial charge on any atom is -0.497 e. The van der Waals surface area contributed by atoms with Crippen LogP contribution in [0.15, 0.2) is 61.2 Å². The van der Waals surface area contributed by atoms with E-state index in [9.17, 15) is 9.90 Å². The second-order valence-electron chi connectivity index (χ2n) is 7.02. The lowest BCUT2D eigenvalue weighted by molar-refractivity contribution is -0.124. The molecule has 2 rings (SSSR count). The van der Waals surface area contributed by atoms with E-state index in [0.717, 1.165) is 22.6 Å². The zero-order valence-corrected chi connectivity index (χ0v) is 18.2. The van der Waals surface area contributed by atoms with E-state index in [4.69, 9.17) is 18.9 Å². The van der Waals surface area contributed by atoms with Gasteiger partial charge in [-0.15, -0.1) is 6.58 Å². The number of rotatable bonds is 13. The number of carbonyl (C=O) groups is 1. The molecular formula is C24H31NO6. The molecule has 7 nitrogen and oxygen atoms in total. The lowest BCUT2D eigenvalue weighted by atomic mass is 10.1. The zero-order chi connectivity index (χ0) is 22.6. The van der Waals surface area contributed by atoms with E-state index in [-0.39, 0.29) is 19.1 Å². The highest BCUT2D eigenvalue weighted by atomic mass is 16.5. The molecule has 0 fully saturated rings. The lowest BCUT2D eigenvalue weighted by Gasteiger charge is -2.30. The second kappa shape index (κ2) is 12.7. The normalized spacial score (nSPS) is 13.7. The van der Waals surface area contributed by atoms with Gasteiger partial charge in [0.15, 0.2) is 0 Å². The van der Waals surface area contributed by atoms with E-state index in [1.54, 1.807) is 14.2 Å². The van der Waals surface area contributed by atoms with E-state index in [0.29, 0.717) is 6.61 Å². The number of methoxy groups -OCH3 is 2. The summed E-state index contributed by atoms with van der Waals surface area (Å²) in [5.41, 5.74) is 1.87. The summed E-state index contributed by atoms with van der Waals surface area (Å²) in [6, 6.07) is 14.4. The van der Waals surface area contributed by atoms with Crippen molar-refractivity contribution < 1.29 is 28.8 Å². The molecule has 0 bridgehead atoms. The summed E-state index contributed by atoms with van der Waals surface area (Å²) in [5.74, 6) is 1.27. The van der Waals surface area contributed by atoms with E-state index in [1.165, 1.54) is 13.0 Å². The Labute approximate surface area is 183 Å². The quantitative estimate of drug-likeness (QED) is 0.476. The SMILES string of the molecule is C=CC(O)[C@@H](OCc1ccc(OC)cc1)[C@@H](COCc1ccc(OC)cc1)NC(C)=O. The molecule has 31 heavy (non-hydrogen) atoms. The maximum atomic E-state index is 11.8. The van der Waals surface area contributed by atoms with Gasteiger partial charge in [-0.2, -0.15) is 0 Å². The van der Waals surface area contributed by atoms with E-state index in [2.05, 4.69) is 11.9 Å². The van der Waals surface area contributed by atoms with Gasteiger partial charge in [0.1, 0.15) is 23.7 Å². The number of nitrogens with one attached hydrogen (secondary N) is 1. The average molecular weight is 430 g/mol. The fraction of sp³-hybridized carbons (Fsp3) is 0.375. The summed E-state index contributed by atoms with van der Waals surface area (Å²) in [7, 11) is 3.21. The van der Waals surface area contributed by atoms with E-state index < -0.39 is 18.2 Å². The molecule has 1 amide bonds. The molecule has 0 saturated heterocycles. The van der Waals surface area contributed by atoms with Gasteiger partial charge in [-0.1, -0.05) is 30.3 Å². The van der Waals surface area contributed by atoms with E-state index >= 15 is 0 Å². The van der Waals surface area contributed by atoms with Crippen LogP contribution in [-0.4, -0.2) is 50.1 Å². The van der Waals surface area contributed by atoms with Crippen molar-refractivity contribution in [3.63, 3.8) is 0 Å². The minimum absolute atomic E-state index is 0.157. The summed E-state index contributed by atoms with van der Waals surface area (Å²) >= 11 is 0. The molecule has 168 valence electrons. The maximum Gasteiger partial charge on any atom is 0.217 e. The summed E-state index contributed by atoms with van der Waals surface area (Å²) in [6.07, 6.45) is -0.337. The van der Waals surface area contributed by atoms with Gasteiger partial charge >= 0.3 is 0 Å². The molecule has 0 radical (unpaired) electrons. The highest BCUT2D eigenvalue weighted by molar-refractivity contribution is 5.73. The number of aliphatic hydroxyl groups excluding tert-OH is 1. The first-order valence-electron chi connectivity index (χ1n) is 9.99. The summed E-state index contributed by atoms with van der Waals surface area (Å²) in [4.78, 5) is 11.8. The Balaban J connectivity index is 2.02. The van der Waals surface area contributed by atoms with Gasteiger partial charge in [-0.3, -0.25) is 4.79 Å². The number of hydrogen-bond donors (Lipinski definition) is 2. The first kappa shape index (κ1) is 24.4. The Morgan fingerprint density at radius 1 is 1.00 bits per heavy atom. The highest BCUT2D eigenvalue weighted by Crippen LogP contribution is 2.16. The average Bonchev–Trinajstić information content (AvgIpc) is 2.79. The Hall–Kier alpha value is -2.87. The third-order valence-electron chi connectivity index (χ3n) is 4.69. The van der Waals surface area contributed by atoms with Gasteiger partial charge in [-0.05, 0) is 35.4 Å². The monoisotopic (exact) mass is 429 g/mol. The minimum atomic E-state index is -0.986. The number of benzene rings is 2. The van der Waals surface area contributed by atoms with Gasteiger partial charge in [0.2, 0.25) is 5.91 Å². The predicted molar refractivity (Wildman–Crippen MR) is 118 cm³/mol. The summed E-state index contributed by atoms with van der Waals surface area (Å²) in [5, 5.41) is 13.3. The van der Waals surface area contributed by atoms with Gasteiger partial charge in [0, 0.05) is 6.92 Å². The Bertz CT molecular complexity index is 806. The van der Waals surface area contributed by atoms with Crippen LogP contribution in [-0.2, 0) is 27.5 Å². The van der Waals surface area contributed by atoms with Crippen LogP contribution in [0.25, 0.3) is 0 Å². The molecule has 7 heteroatoms. The van der Waals surface area contributed by atoms with Crippen molar-refractivity contribution in [1.82, 2.24) is 5.32 Å². The molecule has 2 N–H and O–H groups in total. The van der Waals surface area contributed by atoms with Gasteiger partial charge < -0.3 is 29.4 Å². The molecule has 1 unspecified atom stereocenters. The number of ether oxygens (including phenoxy) is 4. The topological polar surface area (TPSA) is 86.2 Å². The van der Waals surface area contributed by atoms with Crippen LogP contribution in [0.2, 0.25) is 0 Å². The van der Waals surface area contributed by atoms with Crippen LogP contribution in [0.4, 0.5) is 0 Å². The Morgan fingerprint density at radius 3 is 1.97 bits per heavy atom. The van der Waals surface area contributed by atoms with Gasteiger partial charge in [0.05, 0.1) is 40.1 Å². The standard InChI is InChI=1S/C24H31NO6/c1-5-23(27)24(31-15-19-8-12-21(29-4)13-9-19)22(25-17(2)26)16-30-14-18-6-10-20(28-3)11-7-18/h5-13,22-24,27H,1,14-16H2,2-4H3,(H,25,26)/t22-,23?,24+/m1/s1. The zero-order valence-electron chi connectivity index (χ0n) is 18.2. The van der Waals surface area contributed by atoms with Gasteiger partial charge in [0.25, 0.3) is 0 Å². The molecule has 0 heterocycles. The highest BCUT2D eigenvalue weighted by Gasteiger charge is 2.29. The molecule has 0 aliphatic carbocycles. The fourth-order valence-corrected chi connectivity index (χ4v) is 3.01. The van der Waals surface area contributed by atoms with Crippen molar-refractivity contribution in [3.8, 4) is 11.5 Å². The Kier molecular flexibility index (Phi) is 10.0. The van der Waals surface area contributed by atoms with Crippen molar-refractivity contribution in [1.29, 1.82) is 0 Å². The molecule has 2 aromatic carbocycles. The van der Waals surface area contributed by atoms with Crippen molar-refractivity contribution in [2.75, 3.05) is 20.8 Å². The van der Waals surface area contributed by atoms with Crippen LogP contribution in [0.3, 0.4) is 0 Å². The third kappa shape index (κ3) is 8.05. The molecule has 3 atom stereocenters. The second-order valence-corrected chi connectivity index (χ2v) is 7.02. The van der Waals surface area contributed by atoms with E-state index in [1.807, 2.05) is 48.5 Å². The first-order chi connectivity index (χ1) is 15.0. The Morgan fingerprint density at radius 2 is 1.52 bits per heavy atom. The first-order valence-corrected chi connectivity index (χ1v) is 9.99. The number of carbonyl (C=O) groups excluding carboxylic acids is 1. The van der Waals surface area contributed by atoms with Crippen LogP contribution in [0.1, 0.15) is 18.1 Å². The van der Waals surface area contributed by atoms with Crippen LogP contribution in [0.5, 0.6) is 11.5 Å². The molecule has 2 aromatic rings. The lowest BCUT2D eigenvalue weighted by Crippen LogP contribution is -2.51. The smallest absolute Gasteiger partial charge is 0.217 e. The van der Waals surface area contributed by atoms with Gasteiger partial charge in [-0.25, -0.2) is 0 Å². The molecule has 0 aliphatic heterocycles. The summed E-state index contributed by atoms with van der Waals surface area (Å²) in [6.45, 7) is 5.81. The predicted octanol–water partition coefficient (Wildman–Crippen LogP) is 2.86. The fourth-order valence-electron chi connectivity index (χ4n) is 3.01. The van der Waals surface area contributed by atoms with Crippen LogP contribution >= 0.6 is 0 Å². The van der Waals surface area contributed by atoms with Crippen molar-refractivity contribution >= 4 is 5.91 Å². The summed E-state index contributed by atoms with van der Waals surface area (Å²) < 4.78 is 22.1. The number of amides is 1. The van der Waals surface area contributed by atoms with Crippen LogP contribution < -0.4 is 14.8 Å². The number of aliphatic hydroxyl groups is 1. The largest absolute Gasteiger partial charge is 0.497 e. The number of hydrogen-bond acceptors (Lipinski definition) is 6. The molecule has 0 aromatic heterocycles. The molecule has 0 aliphatic rings. The van der Waals surface area contributed by atoms with Crippen molar-refractivity contribution in [2.45, 2.75) is 38.4 Å². The third-order valence-corrected chi connectivity index (χ3v) is 4.69.